The van der Waals surface area contributed by atoms with Gasteiger partial charge >= 0.3 is 0 Å². The molecule has 1 rings (SSSR count). The van der Waals surface area contributed by atoms with Crippen molar-refractivity contribution in [2.75, 3.05) is 18.9 Å². The largest absolute Gasteiger partial charge is 0.303 e. The van der Waals surface area contributed by atoms with E-state index in [1.54, 1.807) is 0 Å². The molecule has 1 atom stereocenters. The lowest BCUT2D eigenvalue weighted by molar-refractivity contribution is 0.116. The lowest BCUT2D eigenvalue weighted by Gasteiger charge is -2.39. The Balaban J connectivity index is 2.35. The van der Waals surface area contributed by atoms with Gasteiger partial charge in [0.25, 0.3) is 0 Å². The summed E-state index contributed by atoms with van der Waals surface area (Å²) in [4.78, 5) is 2.62. The zero-order chi connectivity index (χ0) is 12.9. The second kappa shape index (κ2) is 7.13. The third kappa shape index (κ3) is 5.30. The summed E-state index contributed by atoms with van der Waals surface area (Å²) in [5.74, 6) is 0.833. The van der Waals surface area contributed by atoms with Gasteiger partial charge in [0.2, 0.25) is 0 Å². The second-order valence-electron chi connectivity index (χ2n) is 6.64. The number of alkyl halides is 1. The maximum atomic E-state index is 3.66. The van der Waals surface area contributed by atoms with Gasteiger partial charge in [-0.15, -0.1) is 0 Å². The van der Waals surface area contributed by atoms with E-state index in [0.717, 1.165) is 17.3 Å². The molecule has 0 aliphatic heterocycles. The van der Waals surface area contributed by atoms with E-state index in [-0.39, 0.29) is 0 Å². The van der Waals surface area contributed by atoms with Crippen LogP contribution < -0.4 is 0 Å². The van der Waals surface area contributed by atoms with E-state index >= 15 is 0 Å². The van der Waals surface area contributed by atoms with Gasteiger partial charge in [-0.1, -0.05) is 43.1 Å². The SMILES string of the molecule is CCCC(CBr)CN(C)C1CCC(C)(C)CC1. The van der Waals surface area contributed by atoms with Crippen LogP contribution in [0.1, 0.15) is 59.3 Å². The number of halogens is 1. The highest BCUT2D eigenvalue weighted by molar-refractivity contribution is 9.09. The van der Waals surface area contributed by atoms with E-state index < -0.39 is 0 Å². The van der Waals surface area contributed by atoms with Crippen LogP contribution in [0.2, 0.25) is 0 Å². The van der Waals surface area contributed by atoms with Gasteiger partial charge in [-0.05, 0) is 50.5 Å². The minimum Gasteiger partial charge on any atom is -0.303 e. The second-order valence-corrected chi connectivity index (χ2v) is 7.29. The lowest BCUT2D eigenvalue weighted by Crippen LogP contribution is -2.40. The minimum atomic E-state index is 0.593. The lowest BCUT2D eigenvalue weighted by atomic mass is 9.75. The van der Waals surface area contributed by atoms with Gasteiger partial charge in [0.1, 0.15) is 0 Å². The first-order chi connectivity index (χ1) is 7.98. The molecule has 0 spiro atoms. The summed E-state index contributed by atoms with van der Waals surface area (Å²) in [6.07, 6.45) is 8.24. The van der Waals surface area contributed by atoms with Crippen LogP contribution in [0.5, 0.6) is 0 Å². The first kappa shape index (κ1) is 15.5. The summed E-state index contributed by atoms with van der Waals surface area (Å²) in [6.45, 7) is 8.39. The smallest absolute Gasteiger partial charge is 0.00927 e. The first-order valence-electron chi connectivity index (χ1n) is 7.24. The fourth-order valence-corrected chi connectivity index (χ4v) is 3.54. The fourth-order valence-electron chi connectivity index (χ4n) is 3.01. The molecule has 0 amide bonds. The number of hydrogen-bond donors (Lipinski definition) is 0. The molecular weight excluding hydrogens is 274 g/mol. The van der Waals surface area contributed by atoms with Crippen LogP contribution in [0.4, 0.5) is 0 Å². The molecule has 1 aliphatic carbocycles. The molecule has 0 radical (unpaired) electrons. The van der Waals surface area contributed by atoms with E-state index in [0.29, 0.717) is 5.41 Å². The van der Waals surface area contributed by atoms with E-state index in [2.05, 4.69) is 48.6 Å². The predicted octanol–water partition coefficient (Wildman–Crippen LogP) is 4.70. The van der Waals surface area contributed by atoms with Gasteiger partial charge < -0.3 is 4.90 Å². The summed E-state index contributed by atoms with van der Waals surface area (Å²) in [5, 5.41) is 1.16. The topological polar surface area (TPSA) is 3.24 Å². The van der Waals surface area contributed by atoms with Crippen molar-refractivity contribution in [2.24, 2.45) is 11.3 Å². The van der Waals surface area contributed by atoms with Crippen molar-refractivity contribution < 1.29 is 0 Å². The van der Waals surface area contributed by atoms with Crippen molar-refractivity contribution in [3.05, 3.63) is 0 Å². The molecule has 1 fully saturated rings. The van der Waals surface area contributed by atoms with E-state index in [4.69, 9.17) is 0 Å². The average Bonchev–Trinajstić information content (AvgIpc) is 2.28. The molecule has 0 N–H and O–H groups in total. The summed E-state index contributed by atoms with van der Waals surface area (Å²) in [7, 11) is 2.33. The third-order valence-corrected chi connectivity index (χ3v) is 5.31. The predicted molar refractivity (Wildman–Crippen MR) is 80.9 cm³/mol. The molecule has 0 aromatic rings. The van der Waals surface area contributed by atoms with Crippen molar-refractivity contribution in [1.29, 1.82) is 0 Å². The highest BCUT2D eigenvalue weighted by atomic mass is 79.9. The Morgan fingerprint density at radius 3 is 2.35 bits per heavy atom. The molecule has 0 aromatic heterocycles. The van der Waals surface area contributed by atoms with Crippen molar-refractivity contribution in [3.8, 4) is 0 Å². The van der Waals surface area contributed by atoms with Crippen molar-refractivity contribution in [1.82, 2.24) is 4.90 Å². The van der Waals surface area contributed by atoms with Gasteiger partial charge in [-0.2, -0.15) is 0 Å². The van der Waals surface area contributed by atoms with Crippen molar-refractivity contribution in [3.63, 3.8) is 0 Å². The number of hydrogen-bond acceptors (Lipinski definition) is 1. The molecule has 1 unspecified atom stereocenters. The fraction of sp³-hybridized carbons (Fsp3) is 1.00. The summed E-state index contributed by atoms with van der Waals surface area (Å²) >= 11 is 3.66. The summed E-state index contributed by atoms with van der Waals surface area (Å²) < 4.78 is 0. The zero-order valence-electron chi connectivity index (χ0n) is 12.1. The Morgan fingerprint density at radius 1 is 1.29 bits per heavy atom. The molecule has 0 heterocycles. The van der Waals surface area contributed by atoms with Crippen LogP contribution in [-0.4, -0.2) is 29.9 Å². The average molecular weight is 304 g/mol. The van der Waals surface area contributed by atoms with Gasteiger partial charge in [-0.25, -0.2) is 0 Å². The van der Waals surface area contributed by atoms with E-state index in [1.165, 1.54) is 45.1 Å². The Bertz CT molecular complexity index is 205. The van der Waals surface area contributed by atoms with Crippen LogP contribution in [0.25, 0.3) is 0 Å². The minimum absolute atomic E-state index is 0.593. The highest BCUT2D eigenvalue weighted by Crippen LogP contribution is 2.36. The molecule has 102 valence electrons. The Hall–Kier alpha value is 0.440. The molecule has 1 saturated carbocycles. The normalized spacial score (nSPS) is 22.9. The van der Waals surface area contributed by atoms with Gasteiger partial charge in [-0.3, -0.25) is 0 Å². The van der Waals surface area contributed by atoms with Gasteiger partial charge in [0.05, 0.1) is 0 Å². The first-order valence-corrected chi connectivity index (χ1v) is 8.37. The van der Waals surface area contributed by atoms with Gasteiger partial charge in [0, 0.05) is 17.9 Å². The Kier molecular flexibility index (Phi) is 6.50. The molecular formula is C15H30BrN. The van der Waals surface area contributed by atoms with E-state index in [1.807, 2.05) is 0 Å². The standard InChI is InChI=1S/C15H30BrN/c1-5-6-13(11-16)12-17(4)14-7-9-15(2,3)10-8-14/h13-14H,5-12H2,1-4H3. The highest BCUT2D eigenvalue weighted by Gasteiger charge is 2.29. The van der Waals surface area contributed by atoms with Crippen LogP contribution in [0.3, 0.4) is 0 Å². The molecule has 1 nitrogen and oxygen atoms in total. The summed E-state index contributed by atoms with van der Waals surface area (Å²) in [5.41, 5.74) is 0.593. The Morgan fingerprint density at radius 2 is 1.88 bits per heavy atom. The Labute approximate surface area is 116 Å². The third-order valence-electron chi connectivity index (χ3n) is 4.39. The molecule has 0 aromatic carbocycles. The quantitative estimate of drug-likeness (QED) is 0.643. The number of rotatable bonds is 6. The van der Waals surface area contributed by atoms with Crippen LogP contribution in [0, 0.1) is 11.3 Å². The molecule has 0 saturated heterocycles. The maximum absolute atomic E-state index is 3.66. The molecule has 17 heavy (non-hydrogen) atoms. The molecule has 0 bridgehead atoms. The van der Waals surface area contributed by atoms with Crippen LogP contribution >= 0.6 is 15.9 Å². The number of nitrogens with zero attached hydrogens (tertiary/aromatic N) is 1. The van der Waals surface area contributed by atoms with Crippen molar-refractivity contribution in [2.45, 2.75) is 65.3 Å². The zero-order valence-corrected chi connectivity index (χ0v) is 13.7. The maximum Gasteiger partial charge on any atom is 0.00927 e. The van der Waals surface area contributed by atoms with Crippen LogP contribution in [0.15, 0.2) is 0 Å². The van der Waals surface area contributed by atoms with Crippen molar-refractivity contribution >= 4 is 15.9 Å². The van der Waals surface area contributed by atoms with E-state index in [9.17, 15) is 0 Å². The molecule has 2 heteroatoms. The monoisotopic (exact) mass is 303 g/mol. The van der Waals surface area contributed by atoms with Gasteiger partial charge in [0.15, 0.2) is 0 Å². The summed E-state index contributed by atoms with van der Waals surface area (Å²) in [6, 6.07) is 0.835. The molecule has 1 aliphatic rings. The van der Waals surface area contributed by atoms with Crippen LogP contribution in [-0.2, 0) is 0 Å².